The highest BCUT2D eigenvalue weighted by Crippen LogP contribution is 2.32. The van der Waals surface area contributed by atoms with Crippen LogP contribution in [-0.2, 0) is 20.2 Å². The summed E-state index contributed by atoms with van der Waals surface area (Å²) < 4.78 is 13.0. The Labute approximate surface area is 129 Å². The molecule has 0 atom stereocenters. The predicted molar refractivity (Wildman–Crippen MR) is 83.0 cm³/mol. The van der Waals surface area contributed by atoms with Crippen LogP contribution in [0.5, 0.6) is 11.5 Å². The zero-order chi connectivity index (χ0) is 15.4. The molecule has 0 aliphatic carbocycles. The minimum atomic E-state index is 0.357. The maximum absolute atomic E-state index is 6.23. The van der Waals surface area contributed by atoms with E-state index in [1.165, 1.54) is 0 Å². The fraction of sp³-hybridized carbons (Fsp3) is 0.400. The molecular formula is C15H20ClN3O2. The summed E-state index contributed by atoms with van der Waals surface area (Å²) >= 11 is 6.23. The van der Waals surface area contributed by atoms with E-state index in [2.05, 4.69) is 10.4 Å². The van der Waals surface area contributed by atoms with Gasteiger partial charge in [0.15, 0.2) is 11.5 Å². The van der Waals surface area contributed by atoms with E-state index >= 15 is 0 Å². The molecule has 2 rings (SSSR count). The second-order valence-electron chi connectivity index (χ2n) is 4.75. The lowest BCUT2D eigenvalue weighted by Gasteiger charge is -2.15. The Balaban J connectivity index is 2.26. The van der Waals surface area contributed by atoms with Gasteiger partial charge in [0, 0.05) is 24.7 Å². The maximum atomic E-state index is 6.23. The van der Waals surface area contributed by atoms with E-state index in [1.807, 2.05) is 39.2 Å². The largest absolute Gasteiger partial charge is 0.493 e. The lowest BCUT2D eigenvalue weighted by molar-refractivity contribution is 0.280. The van der Waals surface area contributed by atoms with Crippen molar-refractivity contribution in [3.8, 4) is 11.5 Å². The minimum Gasteiger partial charge on any atom is -0.493 e. The van der Waals surface area contributed by atoms with Crippen LogP contribution in [0.4, 0.5) is 0 Å². The van der Waals surface area contributed by atoms with Crippen molar-refractivity contribution in [3.05, 3.63) is 40.2 Å². The summed E-state index contributed by atoms with van der Waals surface area (Å²) in [6, 6.07) is 5.83. The molecule has 114 valence electrons. The van der Waals surface area contributed by atoms with Crippen molar-refractivity contribution in [2.75, 3.05) is 14.2 Å². The predicted octanol–water partition coefficient (Wildman–Crippen LogP) is 2.69. The zero-order valence-electron chi connectivity index (χ0n) is 12.7. The molecule has 6 heteroatoms. The van der Waals surface area contributed by atoms with Crippen molar-refractivity contribution < 1.29 is 9.47 Å². The van der Waals surface area contributed by atoms with Gasteiger partial charge in [0.25, 0.3) is 0 Å². The molecule has 0 saturated carbocycles. The van der Waals surface area contributed by atoms with Crippen LogP contribution in [-0.4, -0.2) is 23.9 Å². The van der Waals surface area contributed by atoms with Crippen molar-refractivity contribution in [2.24, 2.45) is 7.05 Å². The molecule has 2 aromatic rings. The average Bonchev–Trinajstić information content (AvgIpc) is 2.71. The van der Waals surface area contributed by atoms with Crippen molar-refractivity contribution in [1.29, 1.82) is 0 Å². The van der Waals surface area contributed by atoms with Gasteiger partial charge in [-0.25, -0.2) is 0 Å². The second kappa shape index (κ2) is 6.83. The molecule has 0 bridgehead atoms. The van der Waals surface area contributed by atoms with Gasteiger partial charge in [-0.2, -0.15) is 5.10 Å². The van der Waals surface area contributed by atoms with Gasteiger partial charge in [0.1, 0.15) is 11.8 Å². The van der Waals surface area contributed by atoms with Gasteiger partial charge in [-0.3, -0.25) is 4.68 Å². The number of hydrogen-bond donors (Lipinski definition) is 1. The number of methoxy groups -OCH3 is 1. The Morgan fingerprint density at radius 2 is 2.14 bits per heavy atom. The summed E-state index contributed by atoms with van der Waals surface area (Å²) in [5.41, 5.74) is 2.79. The number of aryl methyl sites for hydroxylation is 2. The monoisotopic (exact) mass is 309 g/mol. The van der Waals surface area contributed by atoms with E-state index in [9.17, 15) is 0 Å². The summed E-state index contributed by atoms with van der Waals surface area (Å²) in [6.07, 6.45) is 0. The Morgan fingerprint density at radius 3 is 2.71 bits per heavy atom. The van der Waals surface area contributed by atoms with Crippen LogP contribution in [0, 0.1) is 6.92 Å². The normalized spacial score (nSPS) is 10.7. The molecule has 0 aliphatic heterocycles. The quantitative estimate of drug-likeness (QED) is 0.891. The van der Waals surface area contributed by atoms with Crippen molar-refractivity contribution >= 4 is 11.6 Å². The number of aromatic nitrogens is 2. The number of hydrogen-bond acceptors (Lipinski definition) is 4. The number of halogens is 1. The fourth-order valence-corrected chi connectivity index (χ4v) is 2.43. The third-order valence-corrected chi connectivity index (χ3v) is 3.75. The average molecular weight is 310 g/mol. The summed E-state index contributed by atoms with van der Waals surface area (Å²) in [5, 5.41) is 8.00. The highest BCUT2D eigenvalue weighted by atomic mass is 35.5. The highest BCUT2D eigenvalue weighted by molar-refractivity contribution is 6.30. The van der Waals surface area contributed by atoms with E-state index in [0.29, 0.717) is 24.1 Å². The van der Waals surface area contributed by atoms with Gasteiger partial charge in [0.05, 0.1) is 12.8 Å². The Bertz CT molecular complexity index is 626. The molecular weight excluding hydrogens is 290 g/mol. The lowest BCUT2D eigenvalue weighted by Crippen LogP contribution is -2.08. The molecule has 0 radical (unpaired) electrons. The van der Waals surface area contributed by atoms with Gasteiger partial charge < -0.3 is 14.8 Å². The van der Waals surface area contributed by atoms with Gasteiger partial charge in [0.2, 0.25) is 0 Å². The molecule has 0 fully saturated rings. The van der Waals surface area contributed by atoms with Crippen LogP contribution in [0.25, 0.3) is 0 Å². The van der Waals surface area contributed by atoms with Gasteiger partial charge >= 0.3 is 0 Å². The molecule has 0 aliphatic rings. The maximum Gasteiger partial charge on any atom is 0.166 e. The summed E-state index contributed by atoms with van der Waals surface area (Å²) in [7, 11) is 5.34. The molecule has 1 heterocycles. The molecule has 1 aromatic carbocycles. The molecule has 1 N–H and O–H groups in total. The SMILES string of the molecule is CNCc1cccc(OC)c1OCc1c(C)nn(C)c1Cl. The van der Waals surface area contributed by atoms with Crippen LogP contribution < -0.4 is 14.8 Å². The summed E-state index contributed by atoms with van der Waals surface area (Å²) in [5.74, 6) is 1.44. The zero-order valence-corrected chi connectivity index (χ0v) is 13.5. The Hall–Kier alpha value is -1.72. The van der Waals surface area contributed by atoms with E-state index in [1.54, 1.807) is 11.8 Å². The van der Waals surface area contributed by atoms with Crippen molar-refractivity contribution in [2.45, 2.75) is 20.1 Å². The third kappa shape index (κ3) is 3.31. The smallest absolute Gasteiger partial charge is 0.166 e. The van der Waals surface area contributed by atoms with Crippen LogP contribution in [0.3, 0.4) is 0 Å². The lowest BCUT2D eigenvalue weighted by atomic mass is 10.2. The number of ether oxygens (including phenoxy) is 2. The van der Waals surface area contributed by atoms with Crippen molar-refractivity contribution in [3.63, 3.8) is 0 Å². The molecule has 0 unspecified atom stereocenters. The first kappa shape index (κ1) is 15.7. The standard InChI is InChI=1S/C15H20ClN3O2/c1-10-12(15(16)19(3)18-10)9-21-14-11(8-17-2)6-5-7-13(14)20-4/h5-7,17H,8-9H2,1-4H3. The minimum absolute atomic E-state index is 0.357. The number of benzene rings is 1. The highest BCUT2D eigenvalue weighted by Gasteiger charge is 2.15. The van der Waals surface area contributed by atoms with Crippen molar-refractivity contribution in [1.82, 2.24) is 15.1 Å². The third-order valence-electron chi connectivity index (χ3n) is 3.28. The van der Waals surface area contributed by atoms with Gasteiger partial charge in [-0.05, 0) is 20.0 Å². The van der Waals surface area contributed by atoms with E-state index in [0.717, 1.165) is 22.6 Å². The van der Waals surface area contributed by atoms with Gasteiger partial charge in [-0.1, -0.05) is 23.7 Å². The first-order valence-electron chi connectivity index (χ1n) is 6.69. The Kier molecular flexibility index (Phi) is 5.09. The van der Waals surface area contributed by atoms with Crippen LogP contribution >= 0.6 is 11.6 Å². The van der Waals surface area contributed by atoms with E-state index in [4.69, 9.17) is 21.1 Å². The molecule has 21 heavy (non-hydrogen) atoms. The molecule has 0 saturated heterocycles. The number of para-hydroxylation sites is 1. The van der Waals surface area contributed by atoms with Crippen LogP contribution in [0.2, 0.25) is 5.15 Å². The molecule has 0 spiro atoms. The first-order chi connectivity index (χ1) is 10.1. The molecule has 5 nitrogen and oxygen atoms in total. The van der Waals surface area contributed by atoms with E-state index in [-0.39, 0.29) is 0 Å². The summed E-state index contributed by atoms with van der Waals surface area (Å²) in [6.45, 7) is 2.98. The van der Waals surface area contributed by atoms with Gasteiger partial charge in [-0.15, -0.1) is 0 Å². The fourth-order valence-electron chi connectivity index (χ4n) is 2.20. The van der Waals surface area contributed by atoms with Crippen LogP contribution in [0.1, 0.15) is 16.8 Å². The first-order valence-corrected chi connectivity index (χ1v) is 7.07. The topological polar surface area (TPSA) is 48.3 Å². The molecule has 1 aromatic heterocycles. The summed E-state index contributed by atoms with van der Waals surface area (Å²) in [4.78, 5) is 0. The number of nitrogens with one attached hydrogen (secondary N) is 1. The molecule has 0 amide bonds. The second-order valence-corrected chi connectivity index (χ2v) is 5.10. The van der Waals surface area contributed by atoms with Crippen LogP contribution in [0.15, 0.2) is 18.2 Å². The number of nitrogens with zero attached hydrogens (tertiary/aromatic N) is 2. The Morgan fingerprint density at radius 1 is 1.38 bits per heavy atom. The number of rotatable bonds is 6. The van der Waals surface area contributed by atoms with E-state index < -0.39 is 0 Å².